The van der Waals surface area contributed by atoms with Crippen LogP contribution in [0.25, 0.3) is 5.69 Å². The molecule has 2 rings (SSSR count). The molecule has 4 N–H and O–H groups in total. The molecule has 4 nitrogen and oxygen atoms in total. The number of nitrogen functional groups attached to an aromatic ring is 1. The second kappa shape index (κ2) is 4.61. The highest BCUT2D eigenvalue weighted by molar-refractivity contribution is 6.30. The Labute approximate surface area is 103 Å². The van der Waals surface area contributed by atoms with Crippen molar-refractivity contribution in [1.82, 2.24) is 4.57 Å². The van der Waals surface area contributed by atoms with Gasteiger partial charge in [0.15, 0.2) is 0 Å². The Balaban J connectivity index is 2.67. The van der Waals surface area contributed by atoms with Crippen LogP contribution in [0.3, 0.4) is 0 Å². The number of hydrogen-bond acceptors (Lipinski definition) is 3. The molecule has 0 atom stereocenters. The van der Waals surface area contributed by atoms with Gasteiger partial charge in [0.05, 0.1) is 5.69 Å². The number of nitrogens with two attached hydrogens (primary N) is 2. The highest BCUT2D eigenvalue weighted by Gasteiger charge is 2.06. The van der Waals surface area contributed by atoms with E-state index in [2.05, 4.69) is 0 Å². The molecule has 1 aromatic carbocycles. The molecular weight excluding hydrogens is 238 g/mol. The molecule has 0 aliphatic rings. The van der Waals surface area contributed by atoms with Crippen molar-refractivity contribution in [1.29, 1.82) is 0 Å². The van der Waals surface area contributed by atoms with E-state index in [1.54, 1.807) is 36.5 Å². The zero-order chi connectivity index (χ0) is 12.4. The first-order chi connectivity index (χ1) is 8.11. The van der Waals surface area contributed by atoms with Crippen molar-refractivity contribution in [3.05, 3.63) is 57.5 Å². The predicted octanol–water partition coefficient (Wildman–Crippen LogP) is 1.53. The van der Waals surface area contributed by atoms with Crippen LogP contribution in [0.5, 0.6) is 0 Å². The van der Waals surface area contributed by atoms with Crippen LogP contribution in [0.2, 0.25) is 5.02 Å². The Hall–Kier alpha value is -1.78. The highest BCUT2D eigenvalue weighted by atomic mass is 35.5. The topological polar surface area (TPSA) is 74.0 Å². The number of rotatable bonds is 2. The van der Waals surface area contributed by atoms with Crippen molar-refractivity contribution >= 4 is 17.3 Å². The number of hydrogen-bond donors (Lipinski definition) is 2. The SMILES string of the molecule is NCc1cc(N)cn(-c2cccc(Cl)c2)c1=O. The van der Waals surface area contributed by atoms with E-state index in [1.165, 1.54) is 4.57 Å². The van der Waals surface area contributed by atoms with Crippen molar-refractivity contribution in [2.45, 2.75) is 6.54 Å². The molecule has 2 aromatic rings. The van der Waals surface area contributed by atoms with Crippen LogP contribution < -0.4 is 17.0 Å². The fourth-order valence-electron chi connectivity index (χ4n) is 1.63. The van der Waals surface area contributed by atoms with Crippen LogP contribution in [0.4, 0.5) is 5.69 Å². The van der Waals surface area contributed by atoms with Crippen molar-refractivity contribution < 1.29 is 0 Å². The zero-order valence-corrected chi connectivity index (χ0v) is 9.82. The van der Waals surface area contributed by atoms with Gasteiger partial charge in [-0.25, -0.2) is 0 Å². The van der Waals surface area contributed by atoms with Crippen LogP contribution in [-0.2, 0) is 6.54 Å². The molecule has 17 heavy (non-hydrogen) atoms. The van der Waals surface area contributed by atoms with Gasteiger partial charge in [0, 0.05) is 29.0 Å². The molecule has 0 saturated heterocycles. The lowest BCUT2D eigenvalue weighted by molar-refractivity contribution is 0.928. The van der Waals surface area contributed by atoms with Gasteiger partial charge in [0.25, 0.3) is 5.56 Å². The predicted molar refractivity (Wildman–Crippen MR) is 69.4 cm³/mol. The minimum absolute atomic E-state index is 0.157. The number of nitrogens with zero attached hydrogens (tertiary/aromatic N) is 1. The zero-order valence-electron chi connectivity index (χ0n) is 9.06. The van der Waals surface area contributed by atoms with Crippen molar-refractivity contribution in [2.24, 2.45) is 5.73 Å². The first-order valence-corrected chi connectivity index (χ1v) is 5.46. The molecule has 0 bridgehead atoms. The quantitative estimate of drug-likeness (QED) is 0.848. The Morgan fingerprint density at radius 1 is 1.29 bits per heavy atom. The van der Waals surface area contributed by atoms with E-state index in [-0.39, 0.29) is 12.1 Å². The molecule has 0 aliphatic carbocycles. The van der Waals surface area contributed by atoms with Crippen molar-refractivity contribution in [2.75, 3.05) is 5.73 Å². The number of aromatic nitrogens is 1. The lowest BCUT2D eigenvalue weighted by Gasteiger charge is -2.09. The molecule has 1 heterocycles. The largest absolute Gasteiger partial charge is 0.398 e. The van der Waals surface area contributed by atoms with Crippen LogP contribution in [0.1, 0.15) is 5.56 Å². The Morgan fingerprint density at radius 3 is 2.71 bits per heavy atom. The second-order valence-electron chi connectivity index (χ2n) is 3.66. The third-order valence-electron chi connectivity index (χ3n) is 2.42. The van der Waals surface area contributed by atoms with E-state index in [0.29, 0.717) is 22.0 Å². The van der Waals surface area contributed by atoms with E-state index in [1.807, 2.05) is 0 Å². The summed E-state index contributed by atoms with van der Waals surface area (Å²) in [6, 6.07) is 8.58. The first-order valence-electron chi connectivity index (χ1n) is 5.09. The number of halogens is 1. The van der Waals surface area contributed by atoms with Gasteiger partial charge in [-0.2, -0.15) is 0 Å². The monoisotopic (exact) mass is 249 g/mol. The summed E-state index contributed by atoms with van der Waals surface area (Å²) in [5.74, 6) is 0. The summed E-state index contributed by atoms with van der Waals surface area (Å²) in [7, 11) is 0. The minimum Gasteiger partial charge on any atom is -0.398 e. The van der Waals surface area contributed by atoms with Crippen molar-refractivity contribution in [3.8, 4) is 5.69 Å². The molecule has 0 amide bonds. The highest BCUT2D eigenvalue weighted by Crippen LogP contribution is 2.14. The van der Waals surface area contributed by atoms with Crippen LogP contribution >= 0.6 is 11.6 Å². The fraction of sp³-hybridized carbons (Fsp3) is 0.0833. The summed E-state index contributed by atoms with van der Waals surface area (Å²) in [6.45, 7) is 0.157. The summed E-state index contributed by atoms with van der Waals surface area (Å²) in [5, 5.41) is 0.561. The molecule has 88 valence electrons. The normalized spacial score (nSPS) is 10.5. The maximum absolute atomic E-state index is 12.0. The summed E-state index contributed by atoms with van der Waals surface area (Å²) < 4.78 is 1.45. The summed E-state index contributed by atoms with van der Waals surface area (Å²) in [5.41, 5.74) is 12.7. The summed E-state index contributed by atoms with van der Waals surface area (Å²) in [4.78, 5) is 12.0. The van der Waals surface area contributed by atoms with E-state index in [9.17, 15) is 4.79 Å². The Kier molecular flexibility index (Phi) is 3.17. The van der Waals surface area contributed by atoms with Gasteiger partial charge in [-0.1, -0.05) is 17.7 Å². The molecule has 0 radical (unpaired) electrons. The summed E-state index contributed by atoms with van der Waals surface area (Å²) in [6.07, 6.45) is 1.56. The standard InChI is InChI=1S/C12H12ClN3O/c13-9-2-1-3-11(5-9)16-7-10(15)4-8(6-14)12(16)17/h1-5,7H,6,14-15H2. The average Bonchev–Trinajstić information content (AvgIpc) is 2.31. The van der Waals surface area contributed by atoms with Crippen molar-refractivity contribution in [3.63, 3.8) is 0 Å². The maximum Gasteiger partial charge on any atom is 0.259 e. The van der Waals surface area contributed by atoms with E-state index < -0.39 is 0 Å². The van der Waals surface area contributed by atoms with E-state index in [0.717, 1.165) is 0 Å². The Bertz CT molecular complexity index is 607. The molecule has 0 spiro atoms. The molecule has 0 saturated carbocycles. The molecule has 5 heteroatoms. The lowest BCUT2D eigenvalue weighted by atomic mass is 10.2. The Morgan fingerprint density at radius 2 is 2.06 bits per heavy atom. The summed E-state index contributed by atoms with van der Waals surface area (Å²) >= 11 is 5.89. The molecular formula is C12H12ClN3O. The van der Waals surface area contributed by atoms with Gasteiger partial charge < -0.3 is 11.5 Å². The fourth-order valence-corrected chi connectivity index (χ4v) is 1.81. The number of anilines is 1. The molecule has 0 unspecified atom stereocenters. The van der Waals surface area contributed by atoms with Gasteiger partial charge >= 0.3 is 0 Å². The third kappa shape index (κ3) is 2.33. The minimum atomic E-state index is -0.177. The average molecular weight is 250 g/mol. The van der Waals surface area contributed by atoms with E-state index >= 15 is 0 Å². The van der Waals surface area contributed by atoms with Gasteiger partial charge in [0.1, 0.15) is 0 Å². The van der Waals surface area contributed by atoms with Gasteiger partial charge in [0.2, 0.25) is 0 Å². The number of pyridine rings is 1. The van der Waals surface area contributed by atoms with Gasteiger partial charge in [-0.05, 0) is 24.3 Å². The van der Waals surface area contributed by atoms with Gasteiger partial charge in [-0.15, -0.1) is 0 Å². The molecule has 0 aliphatic heterocycles. The second-order valence-corrected chi connectivity index (χ2v) is 4.09. The third-order valence-corrected chi connectivity index (χ3v) is 2.65. The maximum atomic E-state index is 12.0. The van der Waals surface area contributed by atoms with Crippen LogP contribution in [-0.4, -0.2) is 4.57 Å². The first kappa shape index (κ1) is 11.7. The molecule has 0 fully saturated rings. The lowest BCUT2D eigenvalue weighted by Crippen LogP contribution is -2.24. The van der Waals surface area contributed by atoms with Crippen LogP contribution in [0, 0.1) is 0 Å². The number of benzene rings is 1. The smallest absolute Gasteiger partial charge is 0.259 e. The van der Waals surface area contributed by atoms with E-state index in [4.69, 9.17) is 23.1 Å². The molecule has 1 aromatic heterocycles. The van der Waals surface area contributed by atoms with Gasteiger partial charge in [-0.3, -0.25) is 9.36 Å². The van der Waals surface area contributed by atoms with Crippen LogP contribution in [0.15, 0.2) is 41.3 Å².